The minimum atomic E-state index is 0.661. The number of nitrogens with zero attached hydrogens (tertiary/aromatic N) is 1. The predicted octanol–water partition coefficient (Wildman–Crippen LogP) is 3.09. The van der Waals surface area contributed by atoms with Crippen LogP contribution in [-0.2, 0) is 0 Å². The van der Waals surface area contributed by atoms with Gasteiger partial charge in [0.2, 0.25) is 0 Å². The molecule has 1 fully saturated rings. The van der Waals surface area contributed by atoms with Crippen LogP contribution in [0.3, 0.4) is 0 Å². The summed E-state index contributed by atoms with van der Waals surface area (Å²) in [5, 5.41) is 11.7. The number of hydrogen-bond donors (Lipinski definition) is 0. The van der Waals surface area contributed by atoms with Gasteiger partial charge in [0.1, 0.15) is 0 Å². The lowest BCUT2D eigenvalue weighted by molar-refractivity contribution is 0.418. The molecule has 2 aliphatic rings. The number of fused-ring (bicyclic) bond motifs is 1. The van der Waals surface area contributed by atoms with E-state index in [0.717, 1.165) is 11.2 Å². The van der Waals surface area contributed by atoms with Crippen molar-refractivity contribution < 1.29 is 0 Å². The van der Waals surface area contributed by atoms with E-state index in [4.69, 9.17) is 5.26 Å². The van der Waals surface area contributed by atoms with E-state index in [1.165, 1.54) is 31.3 Å². The Balaban J connectivity index is 2.04. The maximum atomic E-state index is 8.62. The molecule has 0 radical (unpaired) electrons. The summed E-state index contributed by atoms with van der Waals surface area (Å²) in [7, 11) is 0. The van der Waals surface area contributed by atoms with Crippen LogP contribution in [0.1, 0.15) is 32.1 Å². The second kappa shape index (κ2) is 3.53. The molecule has 0 aromatic carbocycles. The van der Waals surface area contributed by atoms with E-state index in [0.29, 0.717) is 6.42 Å². The molecule has 0 amide bonds. The van der Waals surface area contributed by atoms with Crippen molar-refractivity contribution in [1.29, 1.82) is 5.26 Å². The lowest BCUT2D eigenvalue weighted by atomic mass is 9.83. The summed E-state index contributed by atoms with van der Waals surface area (Å²) in [6.45, 7) is 0. The molecule has 0 bridgehead atoms. The molecule has 0 aromatic rings. The average Bonchev–Trinajstić information content (AvgIpc) is 2.50. The normalized spacial score (nSPS) is 33.8. The SMILES string of the molecule is N#CCC1=CSC2CCCCC12. The van der Waals surface area contributed by atoms with E-state index in [-0.39, 0.29) is 0 Å². The Hall–Kier alpha value is -0.420. The Morgan fingerprint density at radius 2 is 2.33 bits per heavy atom. The number of allylic oxidation sites excluding steroid dienone is 1. The van der Waals surface area contributed by atoms with Gasteiger partial charge in [-0.3, -0.25) is 0 Å². The van der Waals surface area contributed by atoms with Crippen molar-refractivity contribution in [3.8, 4) is 6.07 Å². The van der Waals surface area contributed by atoms with Crippen LogP contribution in [0.2, 0.25) is 0 Å². The fraction of sp³-hybridized carbons (Fsp3) is 0.700. The van der Waals surface area contributed by atoms with Gasteiger partial charge < -0.3 is 0 Å². The Morgan fingerprint density at radius 1 is 1.50 bits per heavy atom. The van der Waals surface area contributed by atoms with Gasteiger partial charge in [0.05, 0.1) is 12.5 Å². The van der Waals surface area contributed by atoms with Crippen molar-refractivity contribution in [3.63, 3.8) is 0 Å². The molecular weight excluding hydrogens is 166 g/mol. The highest BCUT2D eigenvalue weighted by Crippen LogP contribution is 2.45. The minimum absolute atomic E-state index is 0.661. The number of rotatable bonds is 1. The van der Waals surface area contributed by atoms with Gasteiger partial charge in [0.15, 0.2) is 0 Å². The van der Waals surface area contributed by atoms with Crippen molar-refractivity contribution >= 4 is 11.8 Å². The van der Waals surface area contributed by atoms with Crippen LogP contribution in [0.5, 0.6) is 0 Å². The third-order valence-corrected chi connectivity index (χ3v) is 4.21. The van der Waals surface area contributed by atoms with Crippen molar-refractivity contribution in [2.24, 2.45) is 5.92 Å². The predicted molar refractivity (Wildman–Crippen MR) is 51.7 cm³/mol. The second-order valence-electron chi connectivity index (χ2n) is 3.59. The molecular formula is C10H13NS. The smallest absolute Gasteiger partial charge is 0.0666 e. The molecule has 1 heterocycles. The van der Waals surface area contributed by atoms with Crippen LogP contribution in [0.15, 0.2) is 11.0 Å². The molecule has 12 heavy (non-hydrogen) atoms. The Morgan fingerprint density at radius 3 is 3.17 bits per heavy atom. The van der Waals surface area contributed by atoms with E-state index < -0.39 is 0 Å². The summed E-state index contributed by atoms with van der Waals surface area (Å²) >= 11 is 1.96. The van der Waals surface area contributed by atoms with Crippen molar-refractivity contribution in [2.75, 3.05) is 0 Å². The molecule has 2 rings (SSSR count). The monoisotopic (exact) mass is 179 g/mol. The molecule has 1 saturated carbocycles. The summed E-state index contributed by atoms with van der Waals surface area (Å²) in [6.07, 6.45) is 6.10. The first-order chi connectivity index (χ1) is 5.92. The molecule has 1 aliphatic heterocycles. The van der Waals surface area contributed by atoms with Crippen molar-refractivity contribution in [1.82, 2.24) is 0 Å². The molecule has 64 valence electrons. The van der Waals surface area contributed by atoms with Crippen molar-refractivity contribution in [3.05, 3.63) is 11.0 Å². The van der Waals surface area contributed by atoms with Crippen LogP contribution in [0.4, 0.5) is 0 Å². The van der Waals surface area contributed by atoms with E-state index in [2.05, 4.69) is 11.5 Å². The fourth-order valence-electron chi connectivity index (χ4n) is 2.21. The van der Waals surface area contributed by atoms with Gasteiger partial charge in [-0.15, -0.1) is 11.8 Å². The van der Waals surface area contributed by atoms with E-state index in [9.17, 15) is 0 Å². The molecule has 0 saturated heterocycles. The van der Waals surface area contributed by atoms with Crippen LogP contribution in [-0.4, -0.2) is 5.25 Å². The zero-order chi connectivity index (χ0) is 8.39. The van der Waals surface area contributed by atoms with Gasteiger partial charge in [-0.05, 0) is 29.7 Å². The van der Waals surface area contributed by atoms with Crippen LogP contribution in [0, 0.1) is 17.2 Å². The van der Waals surface area contributed by atoms with Gasteiger partial charge >= 0.3 is 0 Å². The Labute approximate surface area is 77.8 Å². The van der Waals surface area contributed by atoms with Gasteiger partial charge in [-0.1, -0.05) is 12.8 Å². The third-order valence-electron chi connectivity index (χ3n) is 2.86. The lowest BCUT2D eigenvalue weighted by Crippen LogP contribution is -2.19. The first kappa shape index (κ1) is 8.19. The summed E-state index contributed by atoms with van der Waals surface area (Å²) in [4.78, 5) is 0. The molecule has 0 aromatic heterocycles. The Kier molecular flexibility index (Phi) is 2.41. The quantitative estimate of drug-likeness (QED) is 0.617. The van der Waals surface area contributed by atoms with Gasteiger partial charge in [0.25, 0.3) is 0 Å². The van der Waals surface area contributed by atoms with Crippen molar-refractivity contribution in [2.45, 2.75) is 37.4 Å². The first-order valence-electron chi connectivity index (χ1n) is 4.63. The first-order valence-corrected chi connectivity index (χ1v) is 5.57. The van der Waals surface area contributed by atoms with Crippen LogP contribution in [0.25, 0.3) is 0 Å². The molecule has 2 atom stereocenters. The highest BCUT2D eigenvalue weighted by Gasteiger charge is 2.31. The summed E-state index contributed by atoms with van der Waals surface area (Å²) in [5.74, 6) is 0.753. The molecule has 2 unspecified atom stereocenters. The molecule has 0 N–H and O–H groups in total. The van der Waals surface area contributed by atoms with E-state index >= 15 is 0 Å². The average molecular weight is 179 g/mol. The molecule has 1 nitrogen and oxygen atoms in total. The molecule has 0 spiro atoms. The fourth-order valence-corrected chi connectivity index (χ4v) is 3.62. The number of thioether (sulfide) groups is 1. The van der Waals surface area contributed by atoms with Crippen LogP contribution >= 0.6 is 11.8 Å². The second-order valence-corrected chi connectivity index (χ2v) is 4.71. The lowest BCUT2D eigenvalue weighted by Gasteiger charge is -2.25. The topological polar surface area (TPSA) is 23.8 Å². The van der Waals surface area contributed by atoms with E-state index in [1.54, 1.807) is 0 Å². The van der Waals surface area contributed by atoms with Gasteiger partial charge in [-0.2, -0.15) is 5.26 Å². The Bertz CT molecular complexity index is 239. The van der Waals surface area contributed by atoms with Crippen LogP contribution < -0.4 is 0 Å². The number of nitriles is 1. The maximum Gasteiger partial charge on any atom is 0.0666 e. The summed E-state index contributed by atoms with van der Waals surface area (Å²) in [6, 6.07) is 2.26. The zero-order valence-corrected chi connectivity index (χ0v) is 7.94. The van der Waals surface area contributed by atoms with E-state index in [1.807, 2.05) is 11.8 Å². The highest BCUT2D eigenvalue weighted by molar-refractivity contribution is 8.03. The largest absolute Gasteiger partial charge is 0.198 e. The molecule has 2 heteroatoms. The zero-order valence-electron chi connectivity index (χ0n) is 7.12. The minimum Gasteiger partial charge on any atom is -0.198 e. The summed E-state index contributed by atoms with van der Waals surface area (Å²) in [5.41, 5.74) is 1.41. The third kappa shape index (κ3) is 1.38. The molecule has 1 aliphatic carbocycles. The van der Waals surface area contributed by atoms with Gasteiger partial charge in [0, 0.05) is 5.25 Å². The standard InChI is InChI=1S/C10H13NS/c11-6-5-8-7-12-10-4-2-1-3-9(8)10/h7,9-10H,1-5H2. The number of hydrogen-bond acceptors (Lipinski definition) is 2. The highest BCUT2D eigenvalue weighted by atomic mass is 32.2. The van der Waals surface area contributed by atoms with Gasteiger partial charge in [-0.25, -0.2) is 0 Å². The maximum absolute atomic E-state index is 8.62. The summed E-state index contributed by atoms with van der Waals surface area (Å²) < 4.78 is 0.